The van der Waals surface area contributed by atoms with Crippen molar-refractivity contribution >= 4 is 6.03 Å². The van der Waals surface area contributed by atoms with Crippen molar-refractivity contribution in [2.45, 2.75) is 51.7 Å². The summed E-state index contributed by atoms with van der Waals surface area (Å²) in [6.45, 7) is 3.20. The van der Waals surface area contributed by atoms with E-state index in [1.54, 1.807) is 6.33 Å². The summed E-state index contributed by atoms with van der Waals surface area (Å²) in [7, 11) is 0. The van der Waals surface area contributed by atoms with Crippen LogP contribution >= 0.6 is 0 Å². The summed E-state index contributed by atoms with van der Waals surface area (Å²) in [5.41, 5.74) is 1.18. The van der Waals surface area contributed by atoms with E-state index in [4.69, 9.17) is 0 Å². The lowest BCUT2D eigenvalue weighted by molar-refractivity contribution is 0.230. The van der Waals surface area contributed by atoms with Crippen molar-refractivity contribution in [3.8, 4) is 0 Å². The molecule has 6 nitrogen and oxygen atoms in total. The van der Waals surface area contributed by atoms with Gasteiger partial charge in [-0.15, -0.1) is 10.2 Å². The number of aryl methyl sites for hydroxylation is 1. The van der Waals surface area contributed by atoms with E-state index in [1.807, 2.05) is 29.7 Å². The lowest BCUT2D eigenvalue weighted by atomic mass is 9.92. The van der Waals surface area contributed by atoms with E-state index >= 15 is 0 Å². The molecule has 1 aromatic heterocycles. The van der Waals surface area contributed by atoms with Crippen LogP contribution in [0.25, 0.3) is 0 Å². The maximum Gasteiger partial charge on any atom is 0.315 e. The monoisotopic (exact) mass is 327 g/mol. The van der Waals surface area contributed by atoms with Gasteiger partial charge in [-0.3, -0.25) is 0 Å². The van der Waals surface area contributed by atoms with Crippen LogP contribution in [0.4, 0.5) is 4.79 Å². The first kappa shape index (κ1) is 16.5. The molecule has 1 aliphatic rings. The first-order chi connectivity index (χ1) is 11.8. The number of aromatic nitrogens is 3. The number of carbonyl (C=O) groups excluding carboxylic acids is 1. The van der Waals surface area contributed by atoms with Gasteiger partial charge >= 0.3 is 6.03 Å². The third kappa shape index (κ3) is 3.93. The predicted molar refractivity (Wildman–Crippen MR) is 92.2 cm³/mol. The second-order valence-corrected chi connectivity index (χ2v) is 6.29. The summed E-state index contributed by atoms with van der Waals surface area (Å²) in [6.07, 6.45) is 6.52. The maximum atomic E-state index is 12.4. The van der Waals surface area contributed by atoms with Crippen molar-refractivity contribution in [2.24, 2.45) is 5.92 Å². The van der Waals surface area contributed by atoms with E-state index in [1.165, 1.54) is 31.2 Å². The topological polar surface area (TPSA) is 71.8 Å². The van der Waals surface area contributed by atoms with Crippen LogP contribution in [0.2, 0.25) is 0 Å². The molecule has 1 aliphatic carbocycles. The van der Waals surface area contributed by atoms with Gasteiger partial charge in [-0.25, -0.2) is 4.79 Å². The Bertz CT molecular complexity index is 648. The second kappa shape index (κ2) is 7.95. The molecule has 2 aromatic rings. The van der Waals surface area contributed by atoms with Gasteiger partial charge in [-0.2, -0.15) is 0 Å². The first-order valence-electron chi connectivity index (χ1n) is 8.74. The molecular weight excluding hydrogens is 302 g/mol. The molecule has 1 heterocycles. The molecule has 0 radical (unpaired) electrons. The molecule has 0 saturated heterocycles. The van der Waals surface area contributed by atoms with Gasteiger partial charge in [0, 0.05) is 6.54 Å². The second-order valence-electron chi connectivity index (χ2n) is 6.29. The number of hydrogen-bond acceptors (Lipinski definition) is 3. The Morgan fingerprint density at radius 2 is 2.04 bits per heavy atom. The van der Waals surface area contributed by atoms with Crippen molar-refractivity contribution < 1.29 is 4.79 Å². The average Bonchev–Trinajstić information content (AvgIpc) is 3.30. The zero-order valence-electron chi connectivity index (χ0n) is 14.1. The molecule has 0 bridgehead atoms. The number of amides is 2. The molecule has 1 atom stereocenters. The lowest BCUT2D eigenvalue weighted by Crippen LogP contribution is -2.40. The Labute approximate surface area is 142 Å². The van der Waals surface area contributed by atoms with E-state index < -0.39 is 0 Å². The van der Waals surface area contributed by atoms with E-state index in [0.29, 0.717) is 12.5 Å². The predicted octanol–water partition coefficient (Wildman–Crippen LogP) is 3.03. The molecule has 1 saturated carbocycles. The molecule has 2 N–H and O–H groups in total. The van der Waals surface area contributed by atoms with E-state index in [0.717, 1.165) is 12.4 Å². The normalized spacial score (nSPS) is 16.0. The molecule has 0 unspecified atom stereocenters. The van der Waals surface area contributed by atoms with Gasteiger partial charge in [-0.05, 0) is 31.2 Å². The Balaban J connectivity index is 1.63. The minimum absolute atomic E-state index is 0.0674. The molecule has 1 fully saturated rings. The molecule has 0 spiro atoms. The zero-order valence-corrected chi connectivity index (χ0v) is 14.1. The number of carbonyl (C=O) groups is 1. The fourth-order valence-corrected chi connectivity index (χ4v) is 3.46. The standard InChI is InChI=1S/C18H25N5O/c1-2-23-13-20-22-16(23)12-19-18(24)21-17(15-10-6-7-11-15)14-8-4-3-5-9-14/h3-5,8-9,13,15,17H,2,6-7,10-12H2,1H3,(H2,19,21,24)/t17-/m0/s1. The summed E-state index contributed by atoms with van der Waals surface area (Å²) in [5.74, 6) is 1.28. The third-order valence-corrected chi connectivity index (χ3v) is 4.76. The number of nitrogens with zero attached hydrogens (tertiary/aromatic N) is 3. The van der Waals surface area contributed by atoms with Gasteiger partial charge < -0.3 is 15.2 Å². The van der Waals surface area contributed by atoms with E-state index in [2.05, 4.69) is 33.0 Å². The van der Waals surface area contributed by atoms with Gasteiger partial charge in [-0.1, -0.05) is 43.2 Å². The zero-order chi connectivity index (χ0) is 16.8. The van der Waals surface area contributed by atoms with Crippen molar-refractivity contribution in [3.05, 3.63) is 48.0 Å². The minimum atomic E-state index is -0.151. The maximum absolute atomic E-state index is 12.4. The van der Waals surface area contributed by atoms with Gasteiger partial charge in [0.1, 0.15) is 6.33 Å². The van der Waals surface area contributed by atoms with Crippen LogP contribution < -0.4 is 10.6 Å². The quantitative estimate of drug-likeness (QED) is 0.856. The molecule has 2 amide bonds. The minimum Gasteiger partial charge on any atom is -0.331 e. The summed E-state index contributed by atoms with van der Waals surface area (Å²) in [5, 5.41) is 14.0. The van der Waals surface area contributed by atoms with Crippen LogP contribution in [0.15, 0.2) is 36.7 Å². The summed E-state index contributed by atoms with van der Waals surface area (Å²) < 4.78 is 1.92. The SMILES string of the molecule is CCn1cnnc1CNC(=O)N[C@@H](c1ccccc1)C1CCCC1. The number of hydrogen-bond donors (Lipinski definition) is 2. The van der Waals surface area contributed by atoms with Crippen molar-refractivity contribution in [2.75, 3.05) is 0 Å². The van der Waals surface area contributed by atoms with E-state index in [-0.39, 0.29) is 12.1 Å². The van der Waals surface area contributed by atoms with Crippen LogP contribution in [-0.2, 0) is 13.1 Å². The van der Waals surface area contributed by atoms with Crippen molar-refractivity contribution in [3.63, 3.8) is 0 Å². The fourth-order valence-electron chi connectivity index (χ4n) is 3.46. The van der Waals surface area contributed by atoms with E-state index in [9.17, 15) is 4.79 Å². The summed E-state index contributed by atoms with van der Waals surface area (Å²) >= 11 is 0. The lowest BCUT2D eigenvalue weighted by Gasteiger charge is -2.25. The number of benzene rings is 1. The average molecular weight is 327 g/mol. The largest absolute Gasteiger partial charge is 0.331 e. The fraction of sp³-hybridized carbons (Fsp3) is 0.500. The number of nitrogens with one attached hydrogen (secondary N) is 2. The van der Waals surface area contributed by atoms with Crippen molar-refractivity contribution in [1.29, 1.82) is 0 Å². The van der Waals surface area contributed by atoms with Gasteiger partial charge in [0.05, 0.1) is 12.6 Å². The summed E-state index contributed by atoms with van der Waals surface area (Å²) in [6, 6.07) is 10.2. The molecule has 0 aliphatic heterocycles. The van der Waals surface area contributed by atoms with Gasteiger partial charge in [0.2, 0.25) is 0 Å². The molecular formula is C18H25N5O. The molecule has 3 rings (SSSR count). The van der Waals surface area contributed by atoms with Gasteiger partial charge in [0.25, 0.3) is 0 Å². The number of rotatable bonds is 6. The Hall–Kier alpha value is -2.37. The number of urea groups is 1. The smallest absolute Gasteiger partial charge is 0.315 e. The molecule has 24 heavy (non-hydrogen) atoms. The Morgan fingerprint density at radius 1 is 1.29 bits per heavy atom. The Kier molecular flexibility index (Phi) is 5.46. The third-order valence-electron chi connectivity index (χ3n) is 4.76. The van der Waals surface area contributed by atoms with Gasteiger partial charge in [0.15, 0.2) is 5.82 Å². The van der Waals surface area contributed by atoms with Crippen LogP contribution in [-0.4, -0.2) is 20.8 Å². The van der Waals surface area contributed by atoms with Crippen LogP contribution in [0.1, 0.15) is 50.0 Å². The van der Waals surface area contributed by atoms with Crippen molar-refractivity contribution in [1.82, 2.24) is 25.4 Å². The first-order valence-corrected chi connectivity index (χ1v) is 8.74. The van der Waals surface area contributed by atoms with Crippen LogP contribution in [0, 0.1) is 5.92 Å². The van der Waals surface area contributed by atoms with Crippen LogP contribution in [0.3, 0.4) is 0 Å². The highest BCUT2D eigenvalue weighted by Crippen LogP contribution is 2.35. The molecule has 1 aromatic carbocycles. The highest BCUT2D eigenvalue weighted by atomic mass is 16.2. The highest BCUT2D eigenvalue weighted by Gasteiger charge is 2.27. The Morgan fingerprint density at radius 3 is 2.75 bits per heavy atom. The molecule has 128 valence electrons. The van der Waals surface area contributed by atoms with Crippen LogP contribution in [0.5, 0.6) is 0 Å². The highest BCUT2D eigenvalue weighted by molar-refractivity contribution is 5.74. The molecule has 6 heteroatoms. The summed E-state index contributed by atoms with van der Waals surface area (Å²) in [4.78, 5) is 12.4.